The van der Waals surface area contributed by atoms with Gasteiger partial charge in [0.15, 0.2) is 0 Å². The second kappa shape index (κ2) is 7.60. The molecule has 0 saturated carbocycles. The molecule has 2 N–H and O–H groups in total. The Balaban J connectivity index is 1.72. The number of β-amino-alcohol motifs (C(OH)–C–C–N with tert-alkyl or cyclic N) is 1. The van der Waals surface area contributed by atoms with Crippen molar-refractivity contribution < 1.29 is 19.4 Å². The molecule has 146 valence electrons. The van der Waals surface area contributed by atoms with Gasteiger partial charge in [-0.1, -0.05) is 12.1 Å². The average molecular weight is 373 g/mol. The van der Waals surface area contributed by atoms with Gasteiger partial charge in [0.05, 0.1) is 25.8 Å². The number of aliphatic hydroxyl groups excluding tert-OH is 1. The van der Waals surface area contributed by atoms with Crippen LogP contribution in [0.5, 0.6) is 5.75 Å². The number of aromatic nitrogens is 2. The standard InChI is InChI=1S/C20H27N3O4/c1-20(2,3)27-19(25)23-12-15(24)10-17(23)18-21-11-14(22-18)9-13-5-7-16(26-4)8-6-13/h5-8,11,15,17,24H,9-10,12H2,1-4H3,(H,21,22)/t15-,17+/m1/s1. The molecule has 1 aliphatic heterocycles. The van der Waals surface area contributed by atoms with E-state index in [1.54, 1.807) is 18.2 Å². The van der Waals surface area contributed by atoms with E-state index >= 15 is 0 Å². The van der Waals surface area contributed by atoms with Crippen molar-refractivity contribution in [2.24, 2.45) is 0 Å². The van der Waals surface area contributed by atoms with Gasteiger partial charge in [0.1, 0.15) is 17.2 Å². The van der Waals surface area contributed by atoms with E-state index < -0.39 is 17.8 Å². The molecule has 2 aromatic rings. The third kappa shape index (κ3) is 4.80. The first-order chi connectivity index (χ1) is 12.7. The van der Waals surface area contributed by atoms with Crippen molar-refractivity contribution in [2.45, 2.75) is 51.4 Å². The molecule has 27 heavy (non-hydrogen) atoms. The summed E-state index contributed by atoms with van der Waals surface area (Å²) in [4.78, 5) is 21.8. The van der Waals surface area contributed by atoms with Crippen LogP contribution in [-0.4, -0.2) is 51.4 Å². The lowest BCUT2D eigenvalue weighted by molar-refractivity contribution is 0.0201. The second-order valence-corrected chi connectivity index (χ2v) is 7.86. The number of hydrogen-bond acceptors (Lipinski definition) is 5. The molecular formula is C20H27N3O4. The number of carbonyl (C=O) groups is 1. The van der Waals surface area contributed by atoms with Gasteiger partial charge < -0.3 is 19.6 Å². The molecule has 0 bridgehead atoms. The molecule has 2 heterocycles. The highest BCUT2D eigenvalue weighted by molar-refractivity contribution is 5.69. The van der Waals surface area contributed by atoms with Crippen molar-refractivity contribution in [1.29, 1.82) is 0 Å². The van der Waals surface area contributed by atoms with Crippen molar-refractivity contribution in [2.75, 3.05) is 13.7 Å². The van der Waals surface area contributed by atoms with E-state index in [2.05, 4.69) is 9.97 Å². The van der Waals surface area contributed by atoms with Crippen LogP contribution in [0.1, 0.15) is 50.3 Å². The molecule has 0 aliphatic carbocycles. The van der Waals surface area contributed by atoms with Crippen LogP contribution in [0, 0.1) is 0 Å². The summed E-state index contributed by atoms with van der Waals surface area (Å²) in [7, 11) is 1.64. The van der Waals surface area contributed by atoms with Gasteiger partial charge >= 0.3 is 6.09 Å². The maximum Gasteiger partial charge on any atom is 0.411 e. The molecule has 1 saturated heterocycles. The number of ether oxygens (including phenoxy) is 2. The minimum Gasteiger partial charge on any atom is -0.497 e. The lowest BCUT2D eigenvalue weighted by Gasteiger charge is -2.27. The first-order valence-electron chi connectivity index (χ1n) is 9.09. The first kappa shape index (κ1) is 19.2. The Morgan fingerprint density at radius 1 is 1.33 bits per heavy atom. The summed E-state index contributed by atoms with van der Waals surface area (Å²) in [6, 6.07) is 7.53. The predicted molar refractivity (Wildman–Crippen MR) is 101 cm³/mol. The number of benzene rings is 1. The Kier molecular flexibility index (Phi) is 5.41. The molecular weight excluding hydrogens is 346 g/mol. The van der Waals surface area contributed by atoms with Crippen LogP contribution in [0.25, 0.3) is 0 Å². The van der Waals surface area contributed by atoms with Gasteiger partial charge in [-0.15, -0.1) is 0 Å². The van der Waals surface area contributed by atoms with Crippen molar-refractivity contribution in [3.05, 3.63) is 47.5 Å². The number of imidazole rings is 1. The van der Waals surface area contributed by atoms with E-state index in [9.17, 15) is 9.90 Å². The molecule has 1 aromatic heterocycles. The zero-order chi connectivity index (χ0) is 19.6. The summed E-state index contributed by atoms with van der Waals surface area (Å²) in [5.41, 5.74) is 1.49. The Morgan fingerprint density at radius 2 is 2.04 bits per heavy atom. The van der Waals surface area contributed by atoms with E-state index in [1.807, 2.05) is 45.0 Å². The highest BCUT2D eigenvalue weighted by atomic mass is 16.6. The fraction of sp³-hybridized carbons (Fsp3) is 0.500. The summed E-state index contributed by atoms with van der Waals surface area (Å²) in [5, 5.41) is 10.1. The first-order valence-corrected chi connectivity index (χ1v) is 9.09. The predicted octanol–water partition coefficient (Wildman–Crippen LogP) is 3.05. The van der Waals surface area contributed by atoms with Gasteiger partial charge in [0, 0.05) is 24.7 Å². The largest absolute Gasteiger partial charge is 0.497 e. The number of carbonyl (C=O) groups excluding carboxylic acids is 1. The van der Waals surface area contributed by atoms with Gasteiger partial charge in [0.25, 0.3) is 0 Å². The van der Waals surface area contributed by atoms with Crippen LogP contribution in [-0.2, 0) is 11.2 Å². The Labute approximate surface area is 159 Å². The topological polar surface area (TPSA) is 87.7 Å². The lowest BCUT2D eigenvalue weighted by Crippen LogP contribution is -2.37. The minimum absolute atomic E-state index is 0.244. The number of hydrogen-bond donors (Lipinski definition) is 2. The smallest absolute Gasteiger partial charge is 0.411 e. The van der Waals surface area contributed by atoms with Gasteiger partial charge in [-0.3, -0.25) is 4.90 Å². The highest BCUT2D eigenvalue weighted by Gasteiger charge is 2.39. The van der Waals surface area contributed by atoms with E-state index in [-0.39, 0.29) is 12.6 Å². The number of aromatic amines is 1. The number of amides is 1. The van der Waals surface area contributed by atoms with Crippen molar-refractivity contribution in [3.63, 3.8) is 0 Å². The Morgan fingerprint density at radius 3 is 2.67 bits per heavy atom. The quantitative estimate of drug-likeness (QED) is 0.860. The van der Waals surface area contributed by atoms with Crippen molar-refractivity contribution in [1.82, 2.24) is 14.9 Å². The van der Waals surface area contributed by atoms with Crippen LogP contribution in [0.2, 0.25) is 0 Å². The summed E-state index contributed by atoms with van der Waals surface area (Å²) in [5.74, 6) is 1.48. The van der Waals surface area contributed by atoms with Crippen molar-refractivity contribution >= 4 is 6.09 Å². The monoisotopic (exact) mass is 373 g/mol. The molecule has 0 spiro atoms. The lowest BCUT2D eigenvalue weighted by atomic mass is 10.1. The second-order valence-electron chi connectivity index (χ2n) is 7.86. The normalized spacial score (nSPS) is 20.0. The number of rotatable bonds is 4. The maximum absolute atomic E-state index is 12.5. The SMILES string of the molecule is COc1ccc(Cc2cnc([C@@H]3C[C@@H](O)CN3C(=O)OC(C)(C)C)[nH]2)cc1. The number of nitrogens with zero attached hydrogens (tertiary/aromatic N) is 2. The fourth-order valence-corrected chi connectivity index (χ4v) is 3.19. The zero-order valence-corrected chi connectivity index (χ0v) is 16.2. The molecule has 0 radical (unpaired) electrons. The van der Waals surface area contributed by atoms with E-state index in [1.165, 1.54) is 0 Å². The van der Waals surface area contributed by atoms with Crippen LogP contribution < -0.4 is 4.74 Å². The number of likely N-dealkylation sites (tertiary alicyclic amines) is 1. The number of H-pyrrole nitrogens is 1. The molecule has 7 heteroatoms. The number of aliphatic hydroxyl groups is 1. The summed E-state index contributed by atoms with van der Waals surface area (Å²) < 4.78 is 10.6. The van der Waals surface area contributed by atoms with Crippen LogP contribution >= 0.6 is 0 Å². The maximum atomic E-state index is 12.5. The fourth-order valence-electron chi connectivity index (χ4n) is 3.19. The summed E-state index contributed by atoms with van der Waals surface area (Å²) in [6.45, 7) is 5.72. The Hall–Kier alpha value is -2.54. The molecule has 1 fully saturated rings. The van der Waals surface area contributed by atoms with Gasteiger partial charge in [-0.25, -0.2) is 9.78 Å². The molecule has 7 nitrogen and oxygen atoms in total. The van der Waals surface area contributed by atoms with Crippen LogP contribution in [0.3, 0.4) is 0 Å². The van der Waals surface area contributed by atoms with Crippen LogP contribution in [0.4, 0.5) is 4.79 Å². The minimum atomic E-state index is -0.586. The van der Waals surface area contributed by atoms with Gasteiger partial charge in [-0.2, -0.15) is 0 Å². The van der Waals surface area contributed by atoms with Crippen molar-refractivity contribution in [3.8, 4) is 5.75 Å². The molecule has 3 rings (SSSR count). The van der Waals surface area contributed by atoms with E-state index in [0.29, 0.717) is 18.7 Å². The molecule has 1 aliphatic rings. The summed E-state index contributed by atoms with van der Waals surface area (Å²) in [6.07, 6.45) is 1.89. The zero-order valence-electron chi connectivity index (χ0n) is 16.2. The molecule has 2 atom stereocenters. The highest BCUT2D eigenvalue weighted by Crippen LogP contribution is 2.32. The van der Waals surface area contributed by atoms with Gasteiger partial charge in [0.2, 0.25) is 0 Å². The third-order valence-corrected chi connectivity index (χ3v) is 4.42. The van der Waals surface area contributed by atoms with E-state index in [0.717, 1.165) is 17.0 Å². The van der Waals surface area contributed by atoms with E-state index in [4.69, 9.17) is 9.47 Å². The molecule has 1 amide bonds. The average Bonchev–Trinajstić information content (AvgIpc) is 3.20. The Bertz CT molecular complexity index is 779. The van der Waals surface area contributed by atoms with Crippen LogP contribution in [0.15, 0.2) is 30.5 Å². The summed E-state index contributed by atoms with van der Waals surface area (Å²) >= 11 is 0. The number of nitrogens with one attached hydrogen (secondary N) is 1. The molecule has 0 unspecified atom stereocenters. The van der Waals surface area contributed by atoms with Gasteiger partial charge in [-0.05, 0) is 38.5 Å². The third-order valence-electron chi connectivity index (χ3n) is 4.42. The number of methoxy groups -OCH3 is 1. The molecule has 1 aromatic carbocycles.